The summed E-state index contributed by atoms with van der Waals surface area (Å²) in [7, 11) is 0. The Hall–Kier alpha value is -2.04. The Kier molecular flexibility index (Phi) is 2.98. The van der Waals surface area contributed by atoms with Crippen LogP contribution in [0.3, 0.4) is 0 Å². The van der Waals surface area contributed by atoms with Gasteiger partial charge in [-0.3, -0.25) is 9.59 Å². The number of nitrogens with zero attached hydrogens (tertiary/aromatic N) is 1. The first kappa shape index (κ1) is 12.4. The number of aliphatic carboxylic acids is 1. The van der Waals surface area contributed by atoms with Gasteiger partial charge in [0, 0.05) is 13.0 Å². The predicted molar refractivity (Wildman–Crippen MR) is 68.4 cm³/mol. The van der Waals surface area contributed by atoms with E-state index >= 15 is 0 Å². The van der Waals surface area contributed by atoms with Crippen LogP contribution in [0.15, 0.2) is 12.1 Å². The van der Waals surface area contributed by atoms with Crippen LogP contribution in [0.2, 0.25) is 0 Å². The first-order valence-corrected chi connectivity index (χ1v) is 5.80. The van der Waals surface area contributed by atoms with Crippen LogP contribution >= 0.6 is 0 Å². The zero-order valence-electron chi connectivity index (χ0n) is 10.4. The van der Waals surface area contributed by atoms with Gasteiger partial charge in [-0.1, -0.05) is 6.07 Å². The summed E-state index contributed by atoms with van der Waals surface area (Å²) >= 11 is 0. The molecular weight excluding hydrogens is 232 g/mol. The zero-order valence-corrected chi connectivity index (χ0v) is 10.4. The fourth-order valence-corrected chi connectivity index (χ4v) is 2.27. The van der Waals surface area contributed by atoms with E-state index in [1.165, 1.54) is 4.90 Å². The van der Waals surface area contributed by atoms with Crippen LogP contribution in [0.25, 0.3) is 0 Å². The smallest absolute Gasteiger partial charge is 0.308 e. The molecule has 1 unspecified atom stereocenters. The molecule has 5 nitrogen and oxygen atoms in total. The number of nitrogen functional groups attached to an aromatic ring is 1. The lowest BCUT2D eigenvalue weighted by Crippen LogP contribution is -2.27. The van der Waals surface area contributed by atoms with E-state index in [-0.39, 0.29) is 18.9 Å². The van der Waals surface area contributed by atoms with Gasteiger partial charge in [-0.25, -0.2) is 0 Å². The maximum atomic E-state index is 11.9. The highest BCUT2D eigenvalue weighted by molar-refractivity contribution is 6.02. The van der Waals surface area contributed by atoms with Gasteiger partial charge < -0.3 is 15.7 Å². The van der Waals surface area contributed by atoms with Gasteiger partial charge in [0.25, 0.3) is 0 Å². The molecule has 1 aromatic rings. The molecule has 0 aliphatic carbocycles. The van der Waals surface area contributed by atoms with Crippen molar-refractivity contribution in [3.63, 3.8) is 0 Å². The summed E-state index contributed by atoms with van der Waals surface area (Å²) in [6.45, 7) is 4.03. The van der Waals surface area contributed by atoms with Crippen molar-refractivity contribution in [3.05, 3.63) is 23.3 Å². The van der Waals surface area contributed by atoms with Crippen molar-refractivity contribution >= 4 is 23.3 Å². The zero-order chi connectivity index (χ0) is 13.4. The van der Waals surface area contributed by atoms with Gasteiger partial charge in [0.15, 0.2) is 0 Å². The van der Waals surface area contributed by atoms with Crippen LogP contribution in [0.4, 0.5) is 11.4 Å². The Morgan fingerprint density at radius 1 is 1.44 bits per heavy atom. The summed E-state index contributed by atoms with van der Waals surface area (Å²) in [6, 6.07) is 3.64. The molecule has 0 bridgehead atoms. The molecule has 18 heavy (non-hydrogen) atoms. The predicted octanol–water partition coefficient (Wildman–Crippen LogP) is 1.32. The van der Waals surface area contributed by atoms with Crippen LogP contribution in [-0.2, 0) is 9.59 Å². The fraction of sp³-hybridized carbons (Fsp3) is 0.385. The third-order valence-corrected chi connectivity index (χ3v) is 3.48. The highest BCUT2D eigenvalue weighted by atomic mass is 16.4. The molecular formula is C13H16N2O3. The summed E-state index contributed by atoms with van der Waals surface area (Å²) in [5, 5.41) is 8.98. The number of carboxylic acids is 1. The average molecular weight is 248 g/mol. The summed E-state index contributed by atoms with van der Waals surface area (Å²) in [5.74, 6) is -1.76. The third-order valence-electron chi connectivity index (χ3n) is 3.48. The minimum atomic E-state index is -0.935. The second kappa shape index (κ2) is 4.33. The van der Waals surface area contributed by atoms with Crippen molar-refractivity contribution in [3.8, 4) is 0 Å². The van der Waals surface area contributed by atoms with Crippen molar-refractivity contribution in [1.29, 1.82) is 0 Å². The van der Waals surface area contributed by atoms with Gasteiger partial charge >= 0.3 is 5.97 Å². The quantitative estimate of drug-likeness (QED) is 0.773. The molecule has 1 amide bonds. The number of hydrogen-bond acceptors (Lipinski definition) is 3. The molecule has 1 aliphatic heterocycles. The van der Waals surface area contributed by atoms with E-state index in [4.69, 9.17) is 10.8 Å². The molecule has 0 aromatic heterocycles. The number of aryl methyl sites for hydroxylation is 1. The van der Waals surface area contributed by atoms with E-state index < -0.39 is 11.9 Å². The minimum absolute atomic E-state index is 0.0438. The van der Waals surface area contributed by atoms with Gasteiger partial charge in [0.1, 0.15) is 0 Å². The average Bonchev–Trinajstić information content (AvgIpc) is 2.67. The van der Waals surface area contributed by atoms with Gasteiger partial charge in [-0.15, -0.1) is 0 Å². The van der Waals surface area contributed by atoms with E-state index in [2.05, 4.69) is 0 Å². The molecule has 0 radical (unpaired) electrons. The van der Waals surface area contributed by atoms with Crippen molar-refractivity contribution in [2.45, 2.75) is 20.3 Å². The van der Waals surface area contributed by atoms with Gasteiger partial charge in [-0.05, 0) is 31.0 Å². The van der Waals surface area contributed by atoms with Crippen LogP contribution in [-0.4, -0.2) is 23.5 Å². The van der Waals surface area contributed by atoms with Gasteiger partial charge in [0.05, 0.1) is 17.3 Å². The highest BCUT2D eigenvalue weighted by Gasteiger charge is 2.36. The molecule has 1 aliphatic rings. The van der Waals surface area contributed by atoms with Crippen molar-refractivity contribution in [2.24, 2.45) is 5.92 Å². The van der Waals surface area contributed by atoms with Crippen LogP contribution < -0.4 is 10.6 Å². The molecule has 96 valence electrons. The number of hydrogen-bond donors (Lipinski definition) is 2. The normalized spacial score (nSPS) is 19.3. The monoisotopic (exact) mass is 248 g/mol. The topological polar surface area (TPSA) is 83.6 Å². The second-order valence-corrected chi connectivity index (χ2v) is 4.69. The molecule has 1 fully saturated rings. The Bertz CT molecular complexity index is 525. The number of nitrogens with two attached hydrogens (primary N) is 1. The number of carboxylic acid groups (broad SMARTS) is 1. The second-order valence-electron chi connectivity index (χ2n) is 4.69. The highest BCUT2D eigenvalue weighted by Crippen LogP contribution is 2.34. The lowest BCUT2D eigenvalue weighted by Gasteiger charge is -2.22. The Labute approximate surface area is 105 Å². The minimum Gasteiger partial charge on any atom is -0.481 e. The molecule has 3 N–H and O–H groups in total. The standard InChI is InChI=1S/C13H16N2O3/c1-7-3-4-10(14)12(8(7)2)15-6-9(13(17)18)5-11(15)16/h3-4,9H,5-6,14H2,1-2H3,(H,17,18). The van der Waals surface area contributed by atoms with E-state index in [0.717, 1.165) is 11.1 Å². The van der Waals surface area contributed by atoms with E-state index in [1.54, 1.807) is 6.07 Å². The summed E-state index contributed by atoms with van der Waals surface area (Å²) in [5.41, 5.74) is 9.04. The first-order chi connectivity index (χ1) is 8.41. The number of anilines is 2. The fourth-order valence-electron chi connectivity index (χ4n) is 2.27. The molecule has 0 saturated carbocycles. The summed E-state index contributed by atoms with van der Waals surface area (Å²) in [4.78, 5) is 24.4. The van der Waals surface area contributed by atoms with Crippen LogP contribution in [0.5, 0.6) is 0 Å². The third kappa shape index (κ3) is 1.92. The van der Waals surface area contributed by atoms with Crippen LogP contribution in [0, 0.1) is 19.8 Å². The summed E-state index contributed by atoms with van der Waals surface area (Å²) < 4.78 is 0. The molecule has 1 saturated heterocycles. The lowest BCUT2D eigenvalue weighted by atomic mass is 10.1. The van der Waals surface area contributed by atoms with Crippen molar-refractivity contribution in [1.82, 2.24) is 0 Å². The lowest BCUT2D eigenvalue weighted by molar-refractivity contribution is -0.141. The maximum Gasteiger partial charge on any atom is 0.308 e. The Morgan fingerprint density at radius 2 is 2.11 bits per heavy atom. The van der Waals surface area contributed by atoms with E-state index in [0.29, 0.717) is 11.4 Å². The molecule has 2 rings (SSSR count). The first-order valence-electron chi connectivity index (χ1n) is 5.80. The Balaban J connectivity index is 2.41. The maximum absolute atomic E-state index is 11.9. The number of carbonyl (C=O) groups excluding carboxylic acids is 1. The number of rotatable bonds is 2. The molecule has 1 atom stereocenters. The van der Waals surface area contributed by atoms with Crippen molar-refractivity contribution in [2.75, 3.05) is 17.2 Å². The SMILES string of the molecule is Cc1ccc(N)c(N2CC(C(=O)O)CC2=O)c1C. The largest absolute Gasteiger partial charge is 0.481 e. The van der Waals surface area contributed by atoms with Gasteiger partial charge in [-0.2, -0.15) is 0 Å². The molecule has 1 aromatic carbocycles. The number of benzene rings is 1. The number of amides is 1. The van der Waals surface area contributed by atoms with E-state index in [9.17, 15) is 9.59 Å². The molecule has 1 heterocycles. The van der Waals surface area contributed by atoms with E-state index in [1.807, 2.05) is 19.9 Å². The molecule has 0 spiro atoms. The number of carbonyl (C=O) groups is 2. The van der Waals surface area contributed by atoms with Crippen molar-refractivity contribution < 1.29 is 14.7 Å². The Morgan fingerprint density at radius 3 is 2.67 bits per heavy atom. The molecule has 5 heteroatoms. The van der Waals surface area contributed by atoms with Crippen LogP contribution in [0.1, 0.15) is 17.5 Å². The summed E-state index contributed by atoms with van der Waals surface area (Å²) in [6.07, 6.45) is 0.0438. The van der Waals surface area contributed by atoms with Gasteiger partial charge in [0.2, 0.25) is 5.91 Å².